The summed E-state index contributed by atoms with van der Waals surface area (Å²) in [6, 6.07) is 15.4. The number of aliphatic hydroxyl groups excluding tert-OH is 1. The van der Waals surface area contributed by atoms with E-state index in [2.05, 4.69) is 10.6 Å². The van der Waals surface area contributed by atoms with Gasteiger partial charge in [0.25, 0.3) is 0 Å². The highest BCUT2D eigenvalue weighted by Crippen LogP contribution is 2.47. The van der Waals surface area contributed by atoms with Crippen LogP contribution in [0.2, 0.25) is 0 Å². The van der Waals surface area contributed by atoms with Gasteiger partial charge in [-0.05, 0) is 55.9 Å². The van der Waals surface area contributed by atoms with E-state index in [0.717, 1.165) is 35.4 Å². The van der Waals surface area contributed by atoms with Crippen molar-refractivity contribution in [3.63, 3.8) is 0 Å². The monoisotopic (exact) mass is 464 g/mol. The fourth-order valence-electron chi connectivity index (χ4n) is 5.10. The summed E-state index contributed by atoms with van der Waals surface area (Å²) in [5, 5.41) is 16.0. The molecule has 180 valence electrons. The molecule has 2 heterocycles. The minimum absolute atomic E-state index is 0.00877. The van der Waals surface area contributed by atoms with E-state index in [9.17, 15) is 14.7 Å². The lowest BCUT2D eigenvalue weighted by atomic mass is 9.84. The Labute approximate surface area is 199 Å². The first-order valence-electron chi connectivity index (χ1n) is 12.2. The molecule has 0 radical (unpaired) electrons. The highest BCUT2D eigenvalue weighted by atomic mass is 16.6. The number of nitrogens with one attached hydrogen (secondary N) is 2. The number of rotatable bonds is 8. The summed E-state index contributed by atoms with van der Waals surface area (Å²) in [5.74, 6) is 1.22. The normalized spacial score (nSPS) is 26.1. The number of amides is 2. The van der Waals surface area contributed by atoms with E-state index in [4.69, 9.17) is 9.47 Å². The smallest absolute Gasteiger partial charge is 0.224 e. The molecule has 0 bridgehead atoms. The highest BCUT2D eigenvalue weighted by molar-refractivity contribution is 5.91. The van der Waals surface area contributed by atoms with Crippen molar-refractivity contribution in [3.8, 4) is 5.75 Å². The van der Waals surface area contributed by atoms with E-state index < -0.39 is 6.10 Å². The standard InChI is InChI=1S/C27H32N2O5/c1-16(18-5-3-2-4-6-18)28-26(32)14-20-13-22-21-12-19(29-25(31)11-17-7-8-17)9-10-23(21)34-27(22)24(15-30)33-20/h2-6,9-10,12,16-17,20,22,24,27,30H,7-8,11,13-15H2,1H3,(H,28,32)(H,29,31)/t16-,20-,22+,24-,27-/m0/s1. The molecule has 34 heavy (non-hydrogen) atoms. The molecule has 0 unspecified atom stereocenters. The summed E-state index contributed by atoms with van der Waals surface area (Å²) in [6.45, 7) is 1.78. The first-order chi connectivity index (χ1) is 16.5. The van der Waals surface area contributed by atoms with E-state index in [1.807, 2.05) is 55.5 Å². The fourth-order valence-corrected chi connectivity index (χ4v) is 5.10. The summed E-state index contributed by atoms with van der Waals surface area (Å²) in [7, 11) is 0. The van der Waals surface area contributed by atoms with Gasteiger partial charge < -0.3 is 25.2 Å². The Morgan fingerprint density at radius 3 is 2.62 bits per heavy atom. The van der Waals surface area contributed by atoms with Crippen molar-refractivity contribution in [1.82, 2.24) is 5.32 Å². The average molecular weight is 465 g/mol. The fraction of sp³-hybridized carbons (Fsp3) is 0.481. The lowest BCUT2D eigenvalue weighted by Crippen LogP contribution is -2.47. The van der Waals surface area contributed by atoms with Gasteiger partial charge in [0.1, 0.15) is 18.0 Å². The number of ether oxygens (including phenoxy) is 2. The zero-order valence-corrected chi connectivity index (χ0v) is 19.4. The Morgan fingerprint density at radius 1 is 1.09 bits per heavy atom. The zero-order chi connectivity index (χ0) is 23.7. The zero-order valence-electron chi connectivity index (χ0n) is 19.4. The third kappa shape index (κ3) is 5.10. The SMILES string of the molecule is C[C@H](NC(=O)C[C@@H]1C[C@@H]2c3cc(NC(=O)CC4CC4)ccc3O[C@@H]2[C@H](CO)O1)c1ccccc1. The average Bonchev–Trinajstić information content (AvgIpc) is 3.57. The molecule has 5 atom stereocenters. The van der Waals surface area contributed by atoms with Crippen LogP contribution in [-0.4, -0.2) is 41.8 Å². The molecule has 7 heteroatoms. The van der Waals surface area contributed by atoms with Crippen molar-refractivity contribution in [3.05, 3.63) is 59.7 Å². The van der Waals surface area contributed by atoms with Crippen LogP contribution in [0.3, 0.4) is 0 Å². The summed E-state index contributed by atoms with van der Waals surface area (Å²) < 4.78 is 12.2. The maximum absolute atomic E-state index is 12.8. The number of benzene rings is 2. The second kappa shape index (κ2) is 9.76. The number of hydrogen-bond acceptors (Lipinski definition) is 5. The lowest BCUT2D eigenvalue weighted by molar-refractivity contribution is -0.142. The van der Waals surface area contributed by atoms with Crippen molar-refractivity contribution in [2.45, 2.75) is 69.3 Å². The van der Waals surface area contributed by atoms with Gasteiger partial charge in [0, 0.05) is 23.6 Å². The van der Waals surface area contributed by atoms with Crippen LogP contribution in [0.1, 0.15) is 62.1 Å². The predicted molar refractivity (Wildman–Crippen MR) is 128 cm³/mol. The number of hydrogen-bond donors (Lipinski definition) is 3. The summed E-state index contributed by atoms with van der Waals surface area (Å²) >= 11 is 0. The van der Waals surface area contributed by atoms with E-state index >= 15 is 0 Å². The molecule has 7 nitrogen and oxygen atoms in total. The third-order valence-corrected chi connectivity index (χ3v) is 7.04. The van der Waals surface area contributed by atoms with Crippen LogP contribution in [0.15, 0.2) is 48.5 Å². The molecular weight excluding hydrogens is 432 g/mol. The number of fused-ring (bicyclic) bond motifs is 3. The van der Waals surface area contributed by atoms with Gasteiger partial charge in [-0.25, -0.2) is 0 Å². The van der Waals surface area contributed by atoms with Gasteiger partial charge in [0.15, 0.2) is 0 Å². The maximum Gasteiger partial charge on any atom is 0.224 e. The van der Waals surface area contributed by atoms with Crippen LogP contribution in [-0.2, 0) is 14.3 Å². The molecule has 3 aliphatic rings. The van der Waals surface area contributed by atoms with Gasteiger partial charge in [-0.15, -0.1) is 0 Å². The number of aliphatic hydroxyl groups is 1. The van der Waals surface area contributed by atoms with Gasteiger partial charge in [-0.3, -0.25) is 9.59 Å². The minimum Gasteiger partial charge on any atom is -0.487 e. The van der Waals surface area contributed by atoms with Gasteiger partial charge in [-0.2, -0.15) is 0 Å². The molecule has 0 aromatic heterocycles. The Balaban J connectivity index is 1.25. The van der Waals surface area contributed by atoms with E-state index in [1.165, 1.54) is 0 Å². The molecule has 2 aromatic carbocycles. The highest BCUT2D eigenvalue weighted by Gasteiger charge is 2.46. The summed E-state index contributed by atoms with van der Waals surface area (Å²) in [4.78, 5) is 25.0. The van der Waals surface area contributed by atoms with Crippen LogP contribution in [0.5, 0.6) is 5.75 Å². The molecule has 2 aromatic rings. The van der Waals surface area contributed by atoms with Gasteiger partial charge in [0.05, 0.1) is 25.2 Å². The molecule has 1 saturated carbocycles. The molecule has 0 spiro atoms. The lowest BCUT2D eigenvalue weighted by Gasteiger charge is -2.37. The van der Waals surface area contributed by atoms with E-state index in [0.29, 0.717) is 18.8 Å². The van der Waals surface area contributed by atoms with Gasteiger partial charge >= 0.3 is 0 Å². The topological polar surface area (TPSA) is 96.9 Å². The third-order valence-electron chi connectivity index (χ3n) is 7.04. The van der Waals surface area contributed by atoms with Gasteiger partial charge in [-0.1, -0.05) is 30.3 Å². The Morgan fingerprint density at radius 2 is 1.88 bits per heavy atom. The van der Waals surface area contributed by atoms with Crippen molar-refractivity contribution in [2.75, 3.05) is 11.9 Å². The minimum atomic E-state index is -0.511. The molecule has 2 aliphatic heterocycles. The number of carbonyl (C=O) groups excluding carboxylic acids is 2. The Kier molecular flexibility index (Phi) is 6.57. The number of carbonyl (C=O) groups is 2. The number of anilines is 1. The first kappa shape index (κ1) is 22.9. The Hall–Kier alpha value is -2.90. The van der Waals surface area contributed by atoms with Gasteiger partial charge in [0.2, 0.25) is 11.8 Å². The second-order valence-corrected chi connectivity index (χ2v) is 9.76. The van der Waals surface area contributed by atoms with E-state index in [-0.39, 0.29) is 49.0 Å². The summed E-state index contributed by atoms with van der Waals surface area (Å²) in [5.41, 5.74) is 2.80. The molecular formula is C27H32N2O5. The van der Waals surface area contributed by atoms with Crippen LogP contribution in [0, 0.1) is 5.92 Å². The predicted octanol–water partition coefficient (Wildman–Crippen LogP) is 3.69. The van der Waals surface area contributed by atoms with Crippen molar-refractivity contribution < 1.29 is 24.2 Å². The maximum atomic E-state index is 12.8. The van der Waals surface area contributed by atoms with Crippen LogP contribution in [0.25, 0.3) is 0 Å². The van der Waals surface area contributed by atoms with Crippen LogP contribution >= 0.6 is 0 Å². The van der Waals surface area contributed by atoms with Crippen molar-refractivity contribution >= 4 is 17.5 Å². The quantitative estimate of drug-likeness (QED) is 0.554. The summed E-state index contributed by atoms with van der Waals surface area (Å²) in [6.07, 6.45) is 2.52. The molecule has 2 fully saturated rings. The van der Waals surface area contributed by atoms with Crippen LogP contribution in [0.4, 0.5) is 5.69 Å². The molecule has 1 saturated heterocycles. The largest absolute Gasteiger partial charge is 0.487 e. The molecule has 2 amide bonds. The first-order valence-corrected chi connectivity index (χ1v) is 12.2. The van der Waals surface area contributed by atoms with Crippen molar-refractivity contribution in [2.24, 2.45) is 5.92 Å². The Bertz CT molecular complexity index is 1040. The van der Waals surface area contributed by atoms with E-state index in [1.54, 1.807) is 0 Å². The molecule has 5 rings (SSSR count). The molecule has 3 N–H and O–H groups in total. The van der Waals surface area contributed by atoms with Crippen LogP contribution < -0.4 is 15.4 Å². The van der Waals surface area contributed by atoms with Crippen molar-refractivity contribution in [1.29, 1.82) is 0 Å². The second-order valence-electron chi connectivity index (χ2n) is 9.76. The molecule has 1 aliphatic carbocycles.